The maximum atomic E-state index is 5.55. The Labute approximate surface area is 142 Å². The molecule has 120 valence electrons. The molecule has 2 aromatic carbocycles. The molecule has 1 saturated heterocycles. The van der Waals surface area contributed by atoms with Gasteiger partial charge in [-0.3, -0.25) is 0 Å². The highest BCUT2D eigenvalue weighted by atomic mass is 32.1. The van der Waals surface area contributed by atoms with E-state index in [9.17, 15) is 0 Å². The largest absolute Gasteiger partial charge is 0.497 e. The number of anilines is 2. The van der Waals surface area contributed by atoms with Crippen molar-refractivity contribution >= 4 is 28.7 Å². The van der Waals surface area contributed by atoms with Crippen LogP contribution in [0.4, 0.5) is 11.4 Å². The molecule has 5 heteroatoms. The molecule has 0 aliphatic carbocycles. The van der Waals surface area contributed by atoms with Crippen LogP contribution >= 0.6 is 12.2 Å². The fourth-order valence-electron chi connectivity index (χ4n) is 2.71. The van der Waals surface area contributed by atoms with Gasteiger partial charge in [0.15, 0.2) is 5.11 Å². The standard InChI is InChI=1S/C18H21N3OS/c1-22-17-9-5-6-15(14-17)19-18(23)21-12-10-20(11-13-21)16-7-3-2-4-8-16/h2-9,14H,10-13H2,1H3,(H,19,23). The van der Waals surface area contributed by atoms with Crippen LogP contribution in [0.3, 0.4) is 0 Å². The van der Waals surface area contributed by atoms with Crippen LogP contribution in [0.1, 0.15) is 0 Å². The summed E-state index contributed by atoms with van der Waals surface area (Å²) < 4.78 is 5.24. The summed E-state index contributed by atoms with van der Waals surface area (Å²) in [4.78, 5) is 4.61. The van der Waals surface area contributed by atoms with Crippen molar-refractivity contribution in [3.05, 3.63) is 54.6 Å². The van der Waals surface area contributed by atoms with Gasteiger partial charge >= 0.3 is 0 Å². The molecule has 0 amide bonds. The summed E-state index contributed by atoms with van der Waals surface area (Å²) in [6.07, 6.45) is 0. The fraction of sp³-hybridized carbons (Fsp3) is 0.278. The lowest BCUT2D eigenvalue weighted by Gasteiger charge is -2.37. The highest BCUT2D eigenvalue weighted by Gasteiger charge is 2.19. The van der Waals surface area contributed by atoms with Gasteiger partial charge in [0, 0.05) is 43.6 Å². The quantitative estimate of drug-likeness (QED) is 0.874. The molecular formula is C18H21N3OS. The maximum Gasteiger partial charge on any atom is 0.173 e. The van der Waals surface area contributed by atoms with E-state index in [1.54, 1.807) is 7.11 Å². The van der Waals surface area contributed by atoms with Gasteiger partial charge in [0.2, 0.25) is 0 Å². The molecule has 4 nitrogen and oxygen atoms in total. The summed E-state index contributed by atoms with van der Waals surface area (Å²) in [5.74, 6) is 0.826. The summed E-state index contributed by atoms with van der Waals surface area (Å²) in [5.41, 5.74) is 2.23. The lowest BCUT2D eigenvalue weighted by Crippen LogP contribution is -2.50. The van der Waals surface area contributed by atoms with Crippen molar-refractivity contribution in [1.29, 1.82) is 0 Å². The zero-order valence-electron chi connectivity index (χ0n) is 13.2. The van der Waals surface area contributed by atoms with Crippen LogP contribution in [0.15, 0.2) is 54.6 Å². The Kier molecular flexibility index (Phi) is 4.98. The van der Waals surface area contributed by atoms with E-state index >= 15 is 0 Å². The number of ether oxygens (including phenoxy) is 1. The number of nitrogens with zero attached hydrogens (tertiary/aromatic N) is 2. The van der Waals surface area contributed by atoms with Crippen molar-refractivity contribution in [2.75, 3.05) is 43.5 Å². The van der Waals surface area contributed by atoms with Gasteiger partial charge < -0.3 is 19.9 Å². The van der Waals surface area contributed by atoms with E-state index in [1.165, 1.54) is 5.69 Å². The molecule has 0 saturated carbocycles. The summed E-state index contributed by atoms with van der Waals surface area (Å²) in [5, 5.41) is 4.07. The maximum absolute atomic E-state index is 5.55. The predicted octanol–water partition coefficient (Wildman–Crippen LogP) is 3.21. The minimum Gasteiger partial charge on any atom is -0.497 e. The van der Waals surface area contributed by atoms with Gasteiger partial charge in [-0.2, -0.15) is 0 Å². The Morgan fingerprint density at radius 1 is 1.00 bits per heavy atom. The van der Waals surface area contributed by atoms with Crippen molar-refractivity contribution in [2.24, 2.45) is 0 Å². The third-order valence-corrected chi connectivity index (χ3v) is 4.37. The lowest BCUT2D eigenvalue weighted by molar-refractivity contribution is 0.391. The average Bonchev–Trinajstić information content (AvgIpc) is 2.63. The molecular weight excluding hydrogens is 306 g/mol. The number of methoxy groups -OCH3 is 1. The number of nitrogens with one attached hydrogen (secondary N) is 1. The number of rotatable bonds is 3. The van der Waals surface area contributed by atoms with E-state index < -0.39 is 0 Å². The highest BCUT2D eigenvalue weighted by molar-refractivity contribution is 7.80. The lowest BCUT2D eigenvalue weighted by atomic mass is 10.2. The van der Waals surface area contributed by atoms with Gasteiger partial charge in [0.05, 0.1) is 7.11 Å². The normalized spacial score (nSPS) is 14.5. The van der Waals surface area contributed by atoms with Gasteiger partial charge in [-0.1, -0.05) is 24.3 Å². The summed E-state index contributed by atoms with van der Waals surface area (Å²) in [6.45, 7) is 3.79. The van der Waals surface area contributed by atoms with E-state index in [4.69, 9.17) is 17.0 Å². The zero-order valence-corrected chi connectivity index (χ0v) is 14.1. The topological polar surface area (TPSA) is 27.7 Å². The van der Waals surface area contributed by atoms with Crippen molar-refractivity contribution in [2.45, 2.75) is 0 Å². The third kappa shape index (κ3) is 3.93. The Hall–Kier alpha value is -2.27. The van der Waals surface area contributed by atoms with Crippen LogP contribution in [-0.2, 0) is 0 Å². The molecule has 0 unspecified atom stereocenters. The number of thiocarbonyl (C=S) groups is 1. The van der Waals surface area contributed by atoms with Gasteiger partial charge in [-0.25, -0.2) is 0 Å². The first kappa shape index (κ1) is 15.6. The van der Waals surface area contributed by atoms with Crippen LogP contribution in [0.2, 0.25) is 0 Å². The minimum absolute atomic E-state index is 0.769. The molecule has 0 spiro atoms. The number of para-hydroxylation sites is 1. The molecule has 1 fully saturated rings. The van der Waals surface area contributed by atoms with Gasteiger partial charge in [-0.05, 0) is 36.5 Å². The molecule has 1 aliphatic heterocycles. The smallest absolute Gasteiger partial charge is 0.173 e. The number of benzene rings is 2. The molecule has 0 aromatic heterocycles. The zero-order chi connectivity index (χ0) is 16.1. The van der Waals surface area contributed by atoms with E-state index in [0.717, 1.165) is 42.7 Å². The Bertz CT molecular complexity index is 654. The van der Waals surface area contributed by atoms with Crippen LogP contribution in [0, 0.1) is 0 Å². The summed E-state index contributed by atoms with van der Waals surface area (Å²) >= 11 is 5.55. The molecule has 0 atom stereocenters. The van der Waals surface area contributed by atoms with Crippen molar-refractivity contribution in [3.8, 4) is 5.75 Å². The second-order valence-electron chi connectivity index (χ2n) is 5.47. The van der Waals surface area contributed by atoms with Crippen molar-refractivity contribution < 1.29 is 4.74 Å². The molecule has 3 rings (SSSR count). The molecule has 1 aliphatic rings. The van der Waals surface area contributed by atoms with Crippen molar-refractivity contribution in [1.82, 2.24) is 4.90 Å². The van der Waals surface area contributed by atoms with Gasteiger partial charge in [0.1, 0.15) is 5.75 Å². The van der Waals surface area contributed by atoms with Crippen LogP contribution in [0.25, 0.3) is 0 Å². The van der Waals surface area contributed by atoms with E-state index in [1.807, 2.05) is 30.3 Å². The summed E-state index contributed by atoms with van der Waals surface area (Å²) in [6, 6.07) is 18.3. The Balaban J connectivity index is 1.56. The molecule has 2 aromatic rings. The predicted molar refractivity (Wildman–Crippen MR) is 99.4 cm³/mol. The first-order valence-electron chi connectivity index (χ1n) is 7.76. The summed E-state index contributed by atoms with van der Waals surface area (Å²) in [7, 11) is 1.67. The minimum atomic E-state index is 0.769. The van der Waals surface area contributed by atoms with Crippen LogP contribution in [0.5, 0.6) is 5.75 Å². The Morgan fingerprint density at radius 3 is 2.43 bits per heavy atom. The van der Waals surface area contributed by atoms with Gasteiger partial charge in [0.25, 0.3) is 0 Å². The SMILES string of the molecule is COc1cccc(NC(=S)N2CCN(c3ccccc3)CC2)c1. The second kappa shape index (κ2) is 7.33. The molecule has 0 radical (unpaired) electrons. The number of hydrogen-bond acceptors (Lipinski definition) is 3. The second-order valence-corrected chi connectivity index (χ2v) is 5.86. The highest BCUT2D eigenvalue weighted by Crippen LogP contribution is 2.19. The molecule has 1 N–H and O–H groups in total. The average molecular weight is 327 g/mol. The number of hydrogen-bond donors (Lipinski definition) is 1. The fourth-order valence-corrected chi connectivity index (χ4v) is 3.01. The first-order chi connectivity index (χ1) is 11.3. The van der Waals surface area contributed by atoms with E-state index in [-0.39, 0.29) is 0 Å². The monoisotopic (exact) mass is 327 g/mol. The Morgan fingerprint density at radius 2 is 1.74 bits per heavy atom. The molecule has 1 heterocycles. The van der Waals surface area contributed by atoms with E-state index in [0.29, 0.717) is 0 Å². The van der Waals surface area contributed by atoms with E-state index in [2.05, 4.69) is 39.4 Å². The van der Waals surface area contributed by atoms with Gasteiger partial charge in [-0.15, -0.1) is 0 Å². The van der Waals surface area contributed by atoms with Crippen LogP contribution in [-0.4, -0.2) is 43.3 Å². The number of piperazine rings is 1. The third-order valence-electron chi connectivity index (χ3n) is 4.01. The van der Waals surface area contributed by atoms with Crippen molar-refractivity contribution in [3.63, 3.8) is 0 Å². The molecule has 23 heavy (non-hydrogen) atoms. The first-order valence-corrected chi connectivity index (χ1v) is 8.17. The molecule has 0 bridgehead atoms. The van der Waals surface area contributed by atoms with Crippen LogP contribution < -0.4 is 15.0 Å².